The summed E-state index contributed by atoms with van der Waals surface area (Å²) in [5.41, 5.74) is 0.988. The highest BCUT2D eigenvalue weighted by Crippen LogP contribution is 2.43. The highest BCUT2D eigenvalue weighted by Gasteiger charge is 2.35. The second kappa shape index (κ2) is 6.10. The van der Waals surface area contributed by atoms with Gasteiger partial charge < -0.3 is 4.74 Å². The fraction of sp³-hybridized carbons (Fsp3) is 0.588. The molecule has 1 saturated carbocycles. The van der Waals surface area contributed by atoms with Crippen LogP contribution in [0, 0.1) is 22.7 Å². The van der Waals surface area contributed by atoms with Crippen molar-refractivity contribution in [3.8, 4) is 11.8 Å². The third-order valence-electron chi connectivity index (χ3n) is 4.60. The van der Waals surface area contributed by atoms with Gasteiger partial charge in [-0.2, -0.15) is 5.26 Å². The molecule has 1 aromatic carbocycles. The topological polar surface area (TPSA) is 33.0 Å². The number of ether oxygens (including phenoxy) is 1. The van der Waals surface area contributed by atoms with Crippen molar-refractivity contribution < 1.29 is 4.74 Å². The summed E-state index contributed by atoms with van der Waals surface area (Å²) in [5.74, 6) is 1.73. The van der Waals surface area contributed by atoms with Gasteiger partial charge in [-0.15, -0.1) is 0 Å². The molecule has 0 radical (unpaired) electrons. The summed E-state index contributed by atoms with van der Waals surface area (Å²) in [5, 5.41) is 9.63. The SMILES string of the molecule is CCC1CCC(C#N)(Cc2ccccc2OC)CC1. The Morgan fingerprint density at radius 1 is 1.32 bits per heavy atom. The molecule has 0 N–H and O–H groups in total. The van der Waals surface area contributed by atoms with E-state index in [9.17, 15) is 5.26 Å². The molecule has 1 aliphatic rings. The molecule has 0 unspecified atom stereocenters. The first-order valence-electron chi connectivity index (χ1n) is 7.26. The predicted octanol–water partition coefficient (Wildman–Crippen LogP) is 4.35. The molecule has 0 heterocycles. The fourth-order valence-electron chi connectivity index (χ4n) is 3.18. The molecule has 2 rings (SSSR count). The van der Waals surface area contributed by atoms with Gasteiger partial charge in [0.2, 0.25) is 0 Å². The molecule has 102 valence electrons. The molecule has 0 bridgehead atoms. The summed E-state index contributed by atoms with van der Waals surface area (Å²) < 4.78 is 5.41. The first-order chi connectivity index (χ1) is 9.23. The van der Waals surface area contributed by atoms with Gasteiger partial charge in [0.25, 0.3) is 0 Å². The molecule has 1 fully saturated rings. The smallest absolute Gasteiger partial charge is 0.122 e. The van der Waals surface area contributed by atoms with Crippen LogP contribution in [0.3, 0.4) is 0 Å². The van der Waals surface area contributed by atoms with Crippen LogP contribution in [0.1, 0.15) is 44.6 Å². The molecule has 0 atom stereocenters. The number of para-hydroxylation sites is 1. The maximum absolute atomic E-state index is 9.63. The minimum Gasteiger partial charge on any atom is -0.496 e. The summed E-state index contributed by atoms with van der Waals surface area (Å²) in [6.45, 7) is 2.25. The number of rotatable bonds is 4. The standard InChI is InChI=1S/C17H23NO/c1-3-14-8-10-17(13-18,11-9-14)12-15-6-4-5-7-16(15)19-2/h4-7,14H,3,8-12H2,1-2H3. The van der Waals surface area contributed by atoms with E-state index in [-0.39, 0.29) is 5.41 Å². The number of benzene rings is 1. The summed E-state index contributed by atoms with van der Waals surface area (Å²) in [7, 11) is 1.70. The van der Waals surface area contributed by atoms with Crippen LogP contribution in [0.2, 0.25) is 0 Å². The van der Waals surface area contributed by atoms with E-state index in [0.29, 0.717) is 0 Å². The van der Waals surface area contributed by atoms with E-state index < -0.39 is 0 Å². The largest absolute Gasteiger partial charge is 0.496 e. The van der Waals surface area contributed by atoms with Crippen LogP contribution in [0.5, 0.6) is 5.75 Å². The van der Waals surface area contributed by atoms with Gasteiger partial charge in [-0.1, -0.05) is 31.5 Å². The second-order valence-corrected chi connectivity index (χ2v) is 5.73. The molecule has 19 heavy (non-hydrogen) atoms. The second-order valence-electron chi connectivity index (χ2n) is 5.73. The van der Waals surface area contributed by atoms with Gasteiger partial charge in [0, 0.05) is 0 Å². The van der Waals surface area contributed by atoms with Gasteiger partial charge in [0.1, 0.15) is 5.75 Å². The number of nitriles is 1. The van der Waals surface area contributed by atoms with Gasteiger partial charge in [-0.3, -0.25) is 0 Å². The first kappa shape index (κ1) is 13.9. The molecule has 0 amide bonds. The lowest BCUT2D eigenvalue weighted by Gasteiger charge is -2.35. The molecule has 0 aliphatic heterocycles. The minimum atomic E-state index is -0.180. The summed E-state index contributed by atoms with van der Waals surface area (Å²) in [6.07, 6.45) is 6.51. The Balaban J connectivity index is 2.14. The van der Waals surface area contributed by atoms with E-state index in [2.05, 4.69) is 19.1 Å². The average molecular weight is 257 g/mol. The number of hydrogen-bond acceptors (Lipinski definition) is 2. The van der Waals surface area contributed by atoms with Crippen LogP contribution in [0.15, 0.2) is 24.3 Å². The van der Waals surface area contributed by atoms with Crippen LogP contribution < -0.4 is 4.74 Å². The molecular weight excluding hydrogens is 234 g/mol. The fourth-order valence-corrected chi connectivity index (χ4v) is 3.18. The molecule has 1 aliphatic carbocycles. The van der Waals surface area contributed by atoms with Crippen LogP contribution >= 0.6 is 0 Å². The summed E-state index contributed by atoms with van der Waals surface area (Å²) in [6, 6.07) is 10.7. The van der Waals surface area contributed by atoms with E-state index >= 15 is 0 Å². The third kappa shape index (κ3) is 3.10. The van der Waals surface area contributed by atoms with Gasteiger partial charge in [0.15, 0.2) is 0 Å². The average Bonchev–Trinajstić information content (AvgIpc) is 2.48. The van der Waals surface area contributed by atoms with E-state index in [1.165, 1.54) is 24.8 Å². The van der Waals surface area contributed by atoms with Gasteiger partial charge in [-0.25, -0.2) is 0 Å². The molecule has 0 aromatic heterocycles. The summed E-state index contributed by atoms with van der Waals surface area (Å²) in [4.78, 5) is 0. The molecular formula is C17H23NO. The number of hydrogen-bond donors (Lipinski definition) is 0. The lowest BCUT2D eigenvalue weighted by molar-refractivity contribution is 0.204. The Morgan fingerprint density at radius 3 is 2.58 bits per heavy atom. The van der Waals surface area contributed by atoms with E-state index in [1.54, 1.807) is 7.11 Å². The van der Waals surface area contributed by atoms with Gasteiger partial charge in [-0.05, 0) is 49.7 Å². The van der Waals surface area contributed by atoms with E-state index in [1.807, 2.05) is 18.2 Å². The van der Waals surface area contributed by atoms with Crippen LogP contribution in [0.25, 0.3) is 0 Å². The molecule has 1 aromatic rings. The summed E-state index contributed by atoms with van der Waals surface area (Å²) >= 11 is 0. The maximum Gasteiger partial charge on any atom is 0.122 e. The zero-order valence-electron chi connectivity index (χ0n) is 12.0. The normalized spacial score (nSPS) is 26.7. The minimum absolute atomic E-state index is 0.180. The highest BCUT2D eigenvalue weighted by molar-refractivity contribution is 5.35. The van der Waals surface area contributed by atoms with Gasteiger partial charge >= 0.3 is 0 Å². The van der Waals surface area contributed by atoms with Gasteiger partial charge in [0.05, 0.1) is 18.6 Å². The molecule has 0 saturated heterocycles. The Hall–Kier alpha value is -1.49. The molecule has 2 heteroatoms. The zero-order chi connectivity index (χ0) is 13.7. The van der Waals surface area contributed by atoms with Crippen molar-refractivity contribution in [3.63, 3.8) is 0 Å². The van der Waals surface area contributed by atoms with Crippen molar-refractivity contribution in [2.24, 2.45) is 11.3 Å². The highest BCUT2D eigenvalue weighted by atomic mass is 16.5. The Labute approximate surface area is 116 Å². The monoisotopic (exact) mass is 257 g/mol. The Bertz CT molecular complexity index is 453. The lowest BCUT2D eigenvalue weighted by atomic mass is 9.68. The quantitative estimate of drug-likeness (QED) is 0.803. The van der Waals surface area contributed by atoms with E-state index in [0.717, 1.165) is 30.9 Å². The van der Waals surface area contributed by atoms with Crippen LogP contribution in [-0.4, -0.2) is 7.11 Å². The Kier molecular flexibility index (Phi) is 4.47. The van der Waals surface area contributed by atoms with E-state index in [4.69, 9.17) is 4.74 Å². The van der Waals surface area contributed by atoms with Crippen molar-refractivity contribution >= 4 is 0 Å². The third-order valence-corrected chi connectivity index (χ3v) is 4.60. The Morgan fingerprint density at radius 2 is 2.00 bits per heavy atom. The van der Waals surface area contributed by atoms with Crippen molar-refractivity contribution in [2.45, 2.75) is 45.4 Å². The number of methoxy groups -OCH3 is 1. The van der Waals surface area contributed by atoms with Crippen molar-refractivity contribution in [1.82, 2.24) is 0 Å². The van der Waals surface area contributed by atoms with Crippen LogP contribution in [-0.2, 0) is 6.42 Å². The molecule has 2 nitrogen and oxygen atoms in total. The first-order valence-corrected chi connectivity index (χ1v) is 7.26. The molecule has 0 spiro atoms. The van der Waals surface area contributed by atoms with Crippen molar-refractivity contribution in [2.75, 3.05) is 7.11 Å². The maximum atomic E-state index is 9.63. The number of nitrogens with zero attached hydrogens (tertiary/aromatic N) is 1. The van der Waals surface area contributed by atoms with Crippen molar-refractivity contribution in [3.05, 3.63) is 29.8 Å². The van der Waals surface area contributed by atoms with Crippen LogP contribution in [0.4, 0.5) is 0 Å². The van der Waals surface area contributed by atoms with Crippen molar-refractivity contribution in [1.29, 1.82) is 5.26 Å². The lowest BCUT2D eigenvalue weighted by Crippen LogP contribution is -2.28. The zero-order valence-corrected chi connectivity index (χ0v) is 12.0. The predicted molar refractivity (Wildman–Crippen MR) is 77.0 cm³/mol.